The lowest BCUT2D eigenvalue weighted by Crippen LogP contribution is -2.31. The summed E-state index contributed by atoms with van der Waals surface area (Å²) in [7, 11) is 0. The summed E-state index contributed by atoms with van der Waals surface area (Å²) in [6, 6.07) is 9.80. The number of ether oxygens (including phenoxy) is 1. The Balaban J connectivity index is 1.72. The first-order chi connectivity index (χ1) is 8.74. The predicted molar refractivity (Wildman–Crippen MR) is 67.4 cm³/mol. The molecular formula is C12H16N4O2. The van der Waals surface area contributed by atoms with E-state index in [-0.39, 0.29) is 11.7 Å². The molecule has 0 amide bonds. The molecule has 0 saturated carbocycles. The molecule has 2 rings (SSSR count). The van der Waals surface area contributed by atoms with Gasteiger partial charge in [-0.2, -0.15) is 5.10 Å². The molecule has 1 unspecified atom stereocenters. The molecule has 0 aliphatic rings. The molecule has 0 fully saturated rings. The van der Waals surface area contributed by atoms with Crippen LogP contribution in [0.3, 0.4) is 0 Å². The molecule has 1 aromatic carbocycles. The van der Waals surface area contributed by atoms with Crippen molar-refractivity contribution < 1.29 is 4.74 Å². The second kappa shape index (κ2) is 6.02. The molecule has 0 aliphatic carbocycles. The molecule has 96 valence electrons. The second-order valence-corrected chi connectivity index (χ2v) is 4.03. The molecule has 6 heteroatoms. The Hall–Kier alpha value is -2.08. The molecule has 0 aliphatic heterocycles. The van der Waals surface area contributed by atoms with Crippen LogP contribution in [-0.2, 0) is 6.54 Å². The Bertz CT molecular complexity index is 520. The van der Waals surface area contributed by atoms with Gasteiger partial charge in [-0.3, -0.25) is 4.98 Å². The van der Waals surface area contributed by atoms with Gasteiger partial charge in [-0.25, -0.2) is 9.89 Å². The zero-order valence-electron chi connectivity index (χ0n) is 10.1. The van der Waals surface area contributed by atoms with Gasteiger partial charge in [0.1, 0.15) is 18.2 Å². The van der Waals surface area contributed by atoms with E-state index in [4.69, 9.17) is 4.74 Å². The Kier molecular flexibility index (Phi) is 4.14. The van der Waals surface area contributed by atoms with E-state index in [0.717, 1.165) is 5.75 Å². The number of hydrogen-bond acceptors (Lipinski definition) is 4. The Morgan fingerprint density at radius 3 is 2.83 bits per heavy atom. The molecule has 1 atom stereocenters. The number of aromatic amines is 2. The van der Waals surface area contributed by atoms with Crippen molar-refractivity contribution in [1.82, 2.24) is 20.5 Å². The number of H-pyrrole nitrogens is 2. The molecule has 0 radical (unpaired) electrons. The molecule has 0 spiro atoms. The SMILES string of the molecule is CC(COc1ccccc1)NCc1n[nH]c(=O)[nH]1. The minimum Gasteiger partial charge on any atom is -0.492 e. The van der Waals surface area contributed by atoms with Crippen LogP contribution in [-0.4, -0.2) is 27.8 Å². The first-order valence-electron chi connectivity index (χ1n) is 5.79. The van der Waals surface area contributed by atoms with E-state index in [1.807, 2.05) is 37.3 Å². The van der Waals surface area contributed by atoms with E-state index < -0.39 is 0 Å². The largest absolute Gasteiger partial charge is 0.492 e. The van der Waals surface area contributed by atoms with E-state index in [1.165, 1.54) is 0 Å². The van der Waals surface area contributed by atoms with Crippen LogP contribution in [0.2, 0.25) is 0 Å². The summed E-state index contributed by atoms with van der Waals surface area (Å²) < 4.78 is 5.60. The van der Waals surface area contributed by atoms with Crippen molar-refractivity contribution in [2.24, 2.45) is 0 Å². The van der Waals surface area contributed by atoms with Crippen LogP contribution in [0.25, 0.3) is 0 Å². The third kappa shape index (κ3) is 3.74. The summed E-state index contributed by atoms with van der Waals surface area (Å²) in [5, 5.41) is 9.33. The minimum atomic E-state index is -0.292. The second-order valence-electron chi connectivity index (χ2n) is 4.03. The van der Waals surface area contributed by atoms with Crippen molar-refractivity contribution in [1.29, 1.82) is 0 Å². The molecule has 0 saturated heterocycles. The number of benzene rings is 1. The van der Waals surface area contributed by atoms with Crippen molar-refractivity contribution in [3.05, 3.63) is 46.6 Å². The molecule has 0 bridgehead atoms. The van der Waals surface area contributed by atoms with Crippen molar-refractivity contribution in [2.75, 3.05) is 6.61 Å². The summed E-state index contributed by atoms with van der Waals surface area (Å²) >= 11 is 0. The predicted octanol–water partition coefficient (Wildman–Crippen LogP) is 0.655. The summed E-state index contributed by atoms with van der Waals surface area (Å²) in [4.78, 5) is 13.4. The lowest BCUT2D eigenvalue weighted by Gasteiger charge is -2.13. The van der Waals surface area contributed by atoms with Crippen LogP contribution < -0.4 is 15.7 Å². The van der Waals surface area contributed by atoms with Crippen LogP contribution in [0.4, 0.5) is 0 Å². The normalized spacial score (nSPS) is 12.3. The zero-order chi connectivity index (χ0) is 12.8. The molecule has 6 nitrogen and oxygen atoms in total. The highest BCUT2D eigenvalue weighted by Gasteiger charge is 2.04. The quantitative estimate of drug-likeness (QED) is 0.701. The fourth-order valence-corrected chi connectivity index (χ4v) is 1.46. The van der Waals surface area contributed by atoms with Gasteiger partial charge < -0.3 is 10.1 Å². The minimum absolute atomic E-state index is 0.158. The Morgan fingerprint density at radius 1 is 1.39 bits per heavy atom. The standard InChI is InChI=1S/C12H16N4O2/c1-9(8-18-10-5-3-2-4-6-10)13-7-11-14-12(17)16-15-11/h2-6,9,13H,7-8H2,1H3,(H2,14,15,16,17). The maximum absolute atomic E-state index is 10.8. The van der Waals surface area contributed by atoms with Gasteiger partial charge in [-0.1, -0.05) is 18.2 Å². The summed E-state index contributed by atoms with van der Waals surface area (Å²) in [5.74, 6) is 1.44. The van der Waals surface area contributed by atoms with Gasteiger partial charge in [0.15, 0.2) is 0 Å². The van der Waals surface area contributed by atoms with Gasteiger partial charge in [0.05, 0.1) is 6.54 Å². The van der Waals surface area contributed by atoms with Crippen LogP contribution in [0.5, 0.6) is 5.75 Å². The number of aromatic nitrogens is 3. The van der Waals surface area contributed by atoms with Crippen molar-refractivity contribution in [2.45, 2.75) is 19.5 Å². The van der Waals surface area contributed by atoms with E-state index in [9.17, 15) is 4.79 Å². The molecule has 3 N–H and O–H groups in total. The topological polar surface area (TPSA) is 82.8 Å². The lowest BCUT2D eigenvalue weighted by atomic mass is 10.3. The van der Waals surface area contributed by atoms with Gasteiger partial charge >= 0.3 is 5.69 Å². The zero-order valence-corrected chi connectivity index (χ0v) is 10.1. The molecular weight excluding hydrogens is 232 g/mol. The Morgan fingerprint density at radius 2 is 2.17 bits per heavy atom. The number of nitrogens with one attached hydrogen (secondary N) is 3. The van der Waals surface area contributed by atoms with Crippen LogP contribution >= 0.6 is 0 Å². The molecule has 1 aromatic heterocycles. The fourth-order valence-electron chi connectivity index (χ4n) is 1.46. The first kappa shape index (κ1) is 12.4. The third-order valence-electron chi connectivity index (χ3n) is 2.41. The fraction of sp³-hybridized carbons (Fsp3) is 0.333. The van der Waals surface area contributed by atoms with Crippen LogP contribution in [0, 0.1) is 0 Å². The van der Waals surface area contributed by atoms with Gasteiger partial charge in [0.2, 0.25) is 0 Å². The molecule has 2 aromatic rings. The van der Waals surface area contributed by atoms with Gasteiger partial charge in [-0.15, -0.1) is 0 Å². The Labute approximate surface area is 104 Å². The number of rotatable bonds is 6. The highest BCUT2D eigenvalue weighted by molar-refractivity contribution is 5.20. The maximum Gasteiger partial charge on any atom is 0.340 e. The number of hydrogen-bond donors (Lipinski definition) is 3. The van der Waals surface area contributed by atoms with E-state index in [2.05, 4.69) is 20.5 Å². The van der Waals surface area contributed by atoms with E-state index in [0.29, 0.717) is 19.0 Å². The summed E-state index contributed by atoms with van der Waals surface area (Å²) in [6.45, 7) is 3.06. The smallest absolute Gasteiger partial charge is 0.340 e. The first-order valence-corrected chi connectivity index (χ1v) is 5.79. The summed E-state index contributed by atoms with van der Waals surface area (Å²) in [6.07, 6.45) is 0. The summed E-state index contributed by atoms with van der Waals surface area (Å²) in [5.41, 5.74) is -0.292. The monoisotopic (exact) mass is 248 g/mol. The highest BCUT2D eigenvalue weighted by atomic mass is 16.5. The van der Waals surface area contributed by atoms with Crippen molar-refractivity contribution in [3.8, 4) is 5.75 Å². The van der Waals surface area contributed by atoms with E-state index >= 15 is 0 Å². The van der Waals surface area contributed by atoms with Crippen LogP contribution in [0.15, 0.2) is 35.1 Å². The van der Waals surface area contributed by atoms with Crippen molar-refractivity contribution >= 4 is 0 Å². The van der Waals surface area contributed by atoms with Gasteiger partial charge in [-0.05, 0) is 19.1 Å². The van der Waals surface area contributed by atoms with Gasteiger partial charge in [0.25, 0.3) is 0 Å². The van der Waals surface area contributed by atoms with Crippen molar-refractivity contribution in [3.63, 3.8) is 0 Å². The average molecular weight is 248 g/mol. The maximum atomic E-state index is 10.8. The lowest BCUT2D eigenvalue weighted by molar-refractivity contribution is 0.272. The van der Waals surface area contributed by atoms with Crippen LogP contribution in [0.1, 0.15) is 12.7 Å². The molecule has 1 heterocycles. The van der Waals surface area contributed by atoms with E-state index in [1.54, 1.807) is 0 Å². The number of nitrogens with zero attached hydrogens (tertiary/aromatic N) is 1. The number of para-hydroxylation sites is 1. The third-order valence-corrected chi connectivity index (χ3v) is 2.41. The van der Waals surface area contributed by atoms with Gasteiger partial charge in [0, 0.05) is 6.04 Å². The highest BCUT2D eigenvalue weighted by Crippen LogP contribution is 2.08. The average Bonchev–Trinajstić information content (AvgIpc) is 2.81. The molecule has 18 heavy (non-hydrogen) atoms.